The summed E-state index contributed by atoms with van der Waals surface area (Å²) >= 11 is 0. The van der Waals surface area contributed by atoms with E-state index in [9.17, 15) is 9.18 Å². The van der Waals surface area contributed by atoms with Crippen LogP contribution in [0.25, 0.3) is 0 Å². The normalized spacial score (nSPS) is 19.4. The molecule has 5 heteroatoms. The Morgan fingerprint density at radius 1 is 1.25 bits per heavy atom. The molecule has 0 bridgehead atoms. The van der Waals surface area contributed by atoms with Gasteiger partial charge in [-0.1, -0.05) is 31.4 Å². The quantitative estimate of drug-likeness (QED) is 0.838. The van der Waals surface area contributed by atoms with Crippen molar-refractivity contribution in [2.45, 2.75) is 64.0 Å². The number of halogens is 2. The van der Waals surface area contributed by atoms with Crippen molar-refractivity contribution in [1.29, 1.82) is 0 Å². The molecule has 2 saturated carbocycles. The highest BCUT2D eigenvalue weighted by molar-refractivity contribution is 5.85. The number of carbonyl (C=O) groups is 1. The summed E-state index contributed by atoms with van der Waals surface area (Å²) in [7, 11) is 0. The Balaban J connectivity index is 0.00000208. The number of hydrogen-bond donors (Lipinski definition) is 1. The topological polar surface area (TPSA) is 46.3 Å². The molecule has 1 aromatic carbocycles. The largest absolute Gasteiger partial charge is 0.335 e. The molecule has 0 spiro atoms. The first-order chi connectivity index (χ1) is 11.1. The molecule has 0 atom stereocenters. The van der Waals surface area contributed by atoms with Gasteiger partial charge in [0, 0.05) is 19.0 Å². The van der Waals surface area contributed by atoms with Crippen LogP contribution in [-0.4, -0.2) is 23.4 Å². The van der Waals surface area contributed by atoms with E-state index in [1.54, 1.807) is 6.07 Å². The van der Waals surface area contributed by atoms with Crippen LogP contribution in [0.2, 0.25) is 0 Å². The molecule has 1 amide bonds. The monoisotopic (exact) mass is 354 g/mol. The average molecular weight is 355 g/mol. The molecule has 0 radical (unpaired) electrons. The van der Waals surface area contributed by atoms with Gasteiger partial charge in [-0.05, 0) is 55.3 Å². The van der Waals surface area contributed by atoms with Crippen molar-refractivity contribution in [2.24, 2.45) is 11.1 Å². The molecule has 0 aromatic heterocycles. The van der Waals surface area contributed by atoms with E-state index < -0.39 is 0 Å². The van der Waals surface area contributed by atoms with Crippen LogP contribution in [0.1, 0.15) is 56.9 Å². The summed E-state index contributed by atoms with van der Waals surface area (Å²) in [5.74, 6) is -0.0412. The van der Waals surface area contributed by atoms with Gasteiger partial charge in [-0.25, -0.2) is 4.39 Å². The minimum absolute atomic E-state index is 0. The molecular weight excluding hydrogens is 327 g/mol. The SMILES string of the molecule is Cl.NCC1(CC(=O)N(Cc2cccc(F)c2)C2CC2)CCCCC1. The number of benzene rings is 1. The maximum absolute atomic E-state index is 13.4. The summed E-state index contributed by atoms with van der Waals surface area (Å²) in [4.78, 5) is 14.9. The third-order valence-electron chi connectivity index (χ3n) is 5.42. The molecule has 0 unspecified atom stereocenters. The molecule has 134 valence electrons. The van der Waals surface area contributed by atoms with E-state index in [0.29, 0.717) is 25.6 Å². The summed E-state index contributed by atoms with van der Waals surface area (Å²) in [5, 5.41) is 0. The second-order valence-corrected chi connectivity index (χ2v) is 7.32. The smallest absolute Gasteiger partial charge is 0.223 e. The highest BCUT2D eigenvalue weighted by atomic mass is 35.5. The fourth-order valence-corrected chi connectivity index (χ4v) is 3.82. The molecule has 2 N–H and O–H groups in total. The van der Waals surface area contributed by atoms with E-state index in [0.717, 1.165) is 31.2 Å². The van der Waals surface area contributed by atoms with Gasteiger partial charge in [0.25, 0.3) is 0 Å². The van der Waals surface area contributed by atoms with Crippen molar-refractivity contribution in [3.63, 3.8) is 0 Å². The lowest BCUT2D eigenvalue weighted by Gasteiger charge is -2.37. The zero-order chi connectivity index (χ0) is 16.3. The number of carbonyl (C=O) groups excluding carboxylic acids is 1. The maximum atomic E-state index is 13.4. The van der Waals surface area contributed by atoms with Gasteiger partial charge in [0.05, 0.1) is 0 Å². The highest BCUT2D eigenvalue weighted by Gasteiger charge is 2.38. The number of nitrogens with two attached hydrogens (primary N) is 1. The third-order valence-corrected chi connectivity index (χ3v) is 5.42. The Kier molecular flexibility index (Phi) is 6.64. The first-order valence-corrected chi connectivity index (χ1v) is 8.86. The number of amides is 1. The third kappa shape index (κ3) is 4.70. The van der Waals surface area contributed by atoms with Gasteiger partial charge in [-0.2, -0.15) is 0 Å². The van der Waals surface area contributed by atoms with E-state index in [4.69, 9.17) is 5.73 Å². The Hall–Kier alpha value is -1.13. The second-order valence-electron chi connectivity index (χ2n) is 7.32. The standard InChI is InChI=1S/C19H27FN2O.ClH/c20-16-6-4-5-15(11-16)13-22(17-7-8-17)18(23)12-19(14-21)9-2-1-3-10-19;/h4-6,11,17H,1-3,7-10,12-14,21H2;1H. The molecule has 0 heterocycles. The van der Waals surface area contributed by atoms with Crippen molar-refractivity contribution >= 4 is 18.3 Å². The molecule has 0 saturated heterocycles. The summed E-state index contributed by atoms with van der Waals surface area (Å²) in [6, 6.07) is 6.91. The lowest BCUT2D eigenvalue weighted by atomic mass is 9.71. The first kappa shape index (κ1) is 19.2. The summed E-state index contributed by atoms with van der Waals surface area (Å²) < 4.78 is 13.4. The Morgan fingerprint density at radius 3 is 2.54 bits per heavy atom. The van der Waals surface area contributed by atoms with Gasteiger partial charge in [0.1, 0.15) is 5.82 Å². The van der Waals surface area contributed by atoms with Crippen LogP contribution >= 0.6 is 12.4 Å². The van der Waals surface area contributed by atoms with Crippen LogP contribution in [0.3, 0.4) is 0 Å². The van der Waals surface area contributed by atoms with E-state index in [1.165, 1.54) is 31.4 Å². The van der Waals surface area contributed by atoms with Crippen LogP contribution < -0.4 is 5.73 Å². The molecule has 3 nitrogen and oxygen atoms in total. The van der Waals surface area contributed by atoms with Gasteiger partial charge >= 0.3 is 0 Å². The molecule has 24 heavy (non-hydrogen) atoms. The van der Waals surface area contributed by atoms with Gasteiger partial charge in [-0.15, -0.1) is 12.4 Å². The first-order valence-electron chi connectivity index (χ1n) is 8.86. The van der Waals surface area contributed by atoms with E-state index in [2.05, 4.69) is 0 Å². The van der Waals surface area contributed by atoms with Gasteiger partial charge < -0.3 is 10.6 Å². The van der Waals surface area contributed by atoms with Crippen molar-refractivity contribution in [3.05, 3.63) is 35.6 Å². The lowest BCUT2D eigenvalue weighted by molar-refractivity contribution is -0.135. The fourth-order valence-electron chi connectivity index (χ4n) is 3.82. The van der Waals surface area contributed by atoms with Crippen LogP contribution in [-0.2, 0) is 11.3 Å². The molecular formula is C19H28ClFN2O. The van der Waals surface area contributed by atoms with Crippen molar-refractivity contribution in [1.82, 2.24) is 4.90 Å². The summed E-state index contributed by atoms with van der Waals surface area (Å²) in [5.41, 5.74) is 6.89. The minimum atomic E-state index is -0.239. The number of hydrogen-bond acceptors (Lipinski definition) is 2. The van der Waals surface area contributed by atoms with Gasteiger partial charge in [0.2, 0.25) is 5.91 Å². The predicted molar refractivity (Wildman–Crippen MR) is 96.4 cm³/mol. The van der Waals surface area contributed by atoms with E-state index in [-0.39, 0.29) is 29.5 Å². The zero-order valence-corrected chi connectivity index (χ0v) is 15.0. The molecule has 2 fully saturated rings. The minimum Gasteiger partial charge on any atom is -0.335 e. The summed E-state index contributed by atoms with van der Waals surface area (Å²) in [6.07, 6.45) is 8.42. The Bertz CT molecular complexity index is 556. The van der Waals surface area contributed by atoms with Gasteiger partial charge in [-0.3, -0.25) is 4.79 Å². The summed E-state index contributed by atoms with van der Waals surface area (Å²) in [6.45, 7) is 1.11. The number of nitrogens with zero attached hydrogens (tertiary/aromatic N) is 1. The Morgan fingerprint density at radius 2 is 1.96 bits per heavy atom. The predicted octanol–water partition coefficient (Wildman–Crippen LogP) is 4.04. The second kappa shape index (κ2) is 8.30. The van der Waals surface area contributed by atoms with Crippen molar-refractivity contribution < 1.29 is 9.18 Å². The highest BCUT2D eigenvalue weighted by Crippen LogP contribution is 2.40. The average Bonchev–Trinajstić information content (AvgIpc) is 3.38. The van der Waals surface area contributed by atoms with Crippen LogP contribution in [0.4, 0.5) is 4.39 Å². The molecule has 2 aliphatic rings. The molecule has 0 aliphatic heterocycles. The molecule has 1 aromatic rings. The van der Waals surface area contributed by atoms with Gasteiger partial charge in [0.15, 0.2) is 0 Å². The molecule has 3 rings (SSSR count). The lowest BCUT2D eigenvalue weighted by Crippen LogP contribution is -2.41. The van der Waals surface area contributed by atoms with Crippen LogP contribution in [0, 0.1) is 11.2 Å². The van der Waals surface area contributed by atoms with E-state index in [1.807, 2.05) is 11.0 Å². The van der Waals surface area contributed by atoms with E-state index >= 15 is 0 Å². The van der Waals surface area contributed by atoms with Crippen LogP contribution in [0.5, 0.6) is 0 Å². The fraction of sp³-hybridized carbons (Fsp3) is 0.632. The van der Waals surface area contributed by atoms with Crippen LogP contribution in [0.15, 0.2) is 24.3 Å². The molecule has 2 aliphatic carbocycles. The van der Waals surface area contributed by atoms with Crippen molar-refractivity contribution in [3.8, 4) is 0 Å². The van der Waals surface area contributed by atoms with Crippen molar-refractivity contribution in [2.75, 3.05) is 6.54 Å². The Labute approximate surface area is 150 Å². The number of rotatable bonds is 6. The zero-order valence-electron chi connectivity index (χ0n) is 14.2. The maximum Gasteiger partial charge on any atom is 0.223 e.